The molecule has 8 heteroatoms. The van der Waals surface area contributed by atoms with Crippen LogP contribution in [0.2, 0.25) is 0 Å². The summed E-state index contributed by atoms with van der Waals surface area (Å²) in [6.45, 7) is 3.69. The number of carbonyl (C=O) groups is 1. The van der Waals surface area contributed by atoms with E-state index >= 15 is 0 Å². The van der Waals surface area contributed by atoms with Crippen LogP contribution in [0.5, 0.6) is 11.8 Å². The number of aromatic nitrogens is 3. The second-order valence-electron chi connectivity index (χ2n) is 6.12. The topological polar surface area (TPSA) is 90.6 Å². The van der Waals surface area contributed by atoms with Crippen molar-refractivity contribution in [2.24, 2.45) is 5.10 Å². The quantitative estimate of drug-likeness (QED) is 0.480. The molecule has 1 aromatic heterocycles. The minimum absolute atomic E-state index is 0.115. The molecule has 2 aromatic carbocycles. The van der Waals surface area contributed by atoms with E-state index in [1.165, 1.54) is 6.33 Å². The van der Waals surface area contributed by atoms with E-state index in [0.29, 0.717) is 0 Å². The third-order valence-corrected chi connectivity index (χ3v) is 3.48. The Hall–Kier alpha value is -3.68. The Morgan fingerprint density at radius 1 is 1.18 bits per heavy atom. The van der Waals surface area contributed by atoms with Crippen LogP contribution < -0.4 is 14.9 Å². The molecular formula is C20H21N5O3. The molecule has 0 saturated carbocycles. The molecule has 0 aliphatic rings. The summed E-state index contributed by atoms with van der Waals surface area (Å²) in [6.07, 6.45) is 3.18. The lowest BCUT2D eigenvalue weighted by molar-refractivity contribution is -0.123. The van der Waals surface area contributed by atoms with Crippen molar-refractivity contribution in [1.29, 1.82) is 0 Å². The summed E-state index contributed by atoms with van der Waals surface area (Å²) in [7, 11) is 0. The zero-order valence-corrected chi connectivity index (χ0v) is 15.6. The molecule has 1 heterocycles. The van der Waals surface area contributed by atoms with E-state index in [4.69, 9.17) is 9.47 Å². The van der Waals surface area contributed by atoms with Gasteiger partial charge in [0.1, 0.15) is 12.1 Å². The van der Waals surface area contributed by atoms with Crippen molar-refractivity contribution in [2.45, 2.75) is 20.0 Å². The number of nitrogens with one attached hydrogen (secondary N) is 1. The largest absolute Gasteiger partial charge is 0.491 e. The van der Waals surface area contributed by atoms with Gasteiger partial charge in [0, 0.05) is 0 Å². The maximum Gasteiger partial charge on any atom is 0.336 e. The monoisotopic (exact) mass is 379 g/mol. The summed E-state index contributed by atoms with van der Waals surface area (Å²) in [4.78, 5) is 15.8. The Labute approximate surface area is 162 Å². The van der Waals surface area contributed by atoms with Crippen LogP contribution in [0.15, 0.2) is 66.0 Å². The maximum absolute atomic E-state index is 11.8. The molecule has 0 aliphatic heterocycles. The van der Waals surface area contributed by atoms with Gasteiger partial charge in [-0.25, -0.2) is 10.1 Å². The van der Waals surface area contributed by atoms with Gasteiger partial charge in [-0.3, -0.25) is 4.79 Å². The number of carbonyl (C=O) groups excluding carboxylic acids is 1. The van der Waals surface area contributed by atoms with Crippen molar-refractivity contribution in [1.82, 2.24) is 20.2 Å². The highest BCUT2D eigenvalue weighted by Crippen LogP contribution is 2.12. The van der Waals surface area contributed by atoms with Crippen LogP contribution in [0.25, 0.3) is 5.69 Å². The molecule has 1 N–H and O–H groups in total. The molecule has 0 bridgehead atoms. The predicted molar refractivity (Wildman–Crippen MR) is 105 cm³/mol. The van der Waals surface area contributed by atoms with Crippen molar-refractivity contribution in [3.05, 3.63) is 66.5 Å². The van der Waals surface area contributed by atoms with Crippen LogP contribution in [0.4, 0.5) is 0 Å². The molecule has 0 atom stereocenters. The number of hydrogen-bond donors (Lipinski definition) is 1. The first-order valence-electron chi connectivity index (χ1n) is 8.78. The molecule has 0 fully saturated rings. The predicted octanol–water partition coefficient (Wildman–Crippen LogP) is 2.58. The number of para-hydroxylation sites is 1. The van der Waals surface area contributed by atoms with Gasteiger partial charge >= 0.3 is 6.01 Å². The first-order valence-corrected chi connectivity index (χ1v) is 8.78. The molecule has 3 aromatic rings. The molecule has 1 amide bonds. The van der Waals surface area contributed by atoms with Gasteiger partial charge in [0.15, 0.2) is 6.61 Å². The second kappa shape index (κ2) is 9.31. The highest BCUT2D eigenvalue weighted by Gasteiger charge is 2.06. The van der Waals surface area contributed by atoms with Crippen molar-refractivity contribution < 1.29 is 14.3 Å². The highest BCUT2D eigenvalue weighted by molar-refractivity contribution is 5.83. The zero-order valence-electron chi connectivity index (χ0n) is 15.6. The first-order chi connectivity index (χ1) is 13.6. The van der Waals surface area contributed by atoms with Crippen molar-refractivity contribution in [3.63, 3.8) is 0 Å². The minimum Gasteiger partial charge on any atom is -0.491 e. The first kappa shape index (κ1) is 19.1. The number of nitrogens with zero attached hydrogens (tertiary/aromatic N) is 4. The van der Waals surface area contributed by atoms with Gasteiger partial charge in [-0.05, 0) is 55.8 Å². The normalized spacial score (nSPS) is 11.0. The van der Waals surface area contributed by atoms with Gasteiger partial charge < -0.3 is 9.47 Å². The number of hydrazone groups is 1. The SMILES string of the molecule is CC(C)Oc1ccc(/C=N/NC(=O)COc2ncn(-c3ccccc3)n2)cc1. The van der Waals surface area contributed by atoms with Gasteiger partial charge in [-0.1, -0.05) is 18.2 Å². The lowest BCUT2D eigenvalue weighted by Crippen LogP contribution is -2.24. The highest BCUT2D eigenvalue weighted by atomic mass is 16.5. The van der Waals surface area contributed by atoms with E-state index in [9.17, 15) is 4.79 Å². The van der Waals surface area contributed by atoms with Crippen LogP contribution in [0, 0.1) is 0 Å². The van der Waals surface area contributed by atoms with Gasteiger partial charge in [-0.2, -0.15) is 10.1 Å². The Kier molecular flexibility index (Phi) is 6.35. The van der Waals surface area contributed by atoms with Crippen LogP contribution in [0.3, 0.4) is 0 Å². The number of amides is 1. The van der Waals surface area contributed by atoms with Gasteiger partial charge in [0.25, 0.3) is 5.91 Å². The van der Waals surface area contributed by atoms with E-state index in [-0.39, 0.29) is 18.7 Å². The molecule has 0 aliphatic carbocycles. The number of rotatable bonds is 8. The summed E-state index contributed by atoms with van der Waals surface area (Å²) >= 11 is 0. The number of benzene rings is 2. The van der Waals surface area contributed by atoms with Crippen LogP contribution in [-0.4, -0.2) is 39.6 Å². The molecule has 144 valence electrons. The summed E-state index contributed by atoms with van der Waals surface area (Å²) in [5, 5.41) is 8.07. The Morgan fingerprint density at radius 3 is 2.64 bits per heavy atom. The molecule has 8 nitrogen and oxygen atoms in total. The molecular weight excluding hydrogens is 358 g/mol. The Bertz CT molecular complexity index is 921. The minimum atomic E-state index is -0.410. The molecule has 3 rings (SSSR count). The lowest BCUT2D eigenvalue weighted by atomic mass is 10.2. The van der Waals surface area contributed by atoms with E-state index in [2.05, 4.69) is 20.6 Å². The average molecular weight is 379 g/mol. The smallest absolute Gasteiger partial charge is 0.336 e. The van der Waals surface area contributed by atoms with Gasteiger partial charge in [0.2, 0.25) is 0 Å². The van der Waals surface area contributed by atoms with E-state index in [1.807, 2.05) is 68.4 Å². The fourth-order valence-corrected chi connectivity index (χ4v) is 2.26. The standard InChI is InChI=1S/C20H21N5O3/c1-15(2)28-18-10-8-16(9-11-18)12-22-23-19(26)13-27-20-21-14-25(24-20)17-6-4-3-5-7-17/h3-12,14-15H,13H2,1-2H3,(H,23,26)/b22-12+. The summed E-state index contributed by atoms with van der Waals surface area (Å²) in [5.41, 5.74) is 4.08. The summed E-state index contributed by atoms with van der Waals surface area (Å²) < 4.78 is 12.4. The van der Waals surface area contributed by atoms with Crippen molar-refractivity contribution in [2.75, 3.05) is 6.61 Å². The van der Waals surface area contributed by atoms with E-state index in [0.717, 1.165) is 17.0 Å². The molecule has 28 heavy (non-hydrogen) atoms. The van der Waals surface area contributed by atoms with Gasteiger partial charge in [0.05, 0.1) is 18.0 Å². The van der Waals surface area contributed by atoms with Crippen LogP contribution >= 0.6 is 0 Å². The third-order valence-electron chi connectivity index (χ3n) is 3.48. The van der Waals surface area contributed by atoms with Crippen LogP contribution in [-0.2, 0) is 4.79 Å². The number of hydrogen-bond acceptors (Lipinski definition) is 6. The lowest BCUT2D eigenvalue weighted by Gasteiger charge is -2.09. The van der Waals surface area contributed by atoms with Crippen molar-refractivity contribution in [3.8, 4) is 17.4 Å². The van der Waals surface area contributed by atoms with Crippen molar-refractivity contribution >= 4 is 12.1 Å². The average Bonchev–Trinajstić information content (AvgIpc) is 3.17. The fourth-order valence-electron chi connectivity index (χ4n) is 2.26. The molecule has 0 unspecified atom stereocenters. The maximum atomic E-state index is 11.8. The Balaban J connectivity index is 1.44. The third kappa shape index (κ3) is 5.66. The molecule has 0 spiro atoms. The Morgan fingerprint density at radius 2 is 1.93 bits per heavy atom. The zero-order chi connectivity index (χ0) is 19.8. The molecule has 0 radical (unpaired) electrons. The number of ether oxygens (including phenoxy) is 2. The van der Waals surface area contributed by atoms with E-state index in [1.54, 1.807) is 10.9 Å². The summed E-state index contributed by atoms with van der Waals surface area (Å²) in [5.74, 6) is 0.374. The van der Waals surface area contributed by atoms with Crippen LogP contribution in [0.1, 0.15) is 19.4 Å². The van der Waals surface area contributed by atoms with Gasteiger partial charge in [-0.15, -0.1) is 5.10 Å². The molecule has 0 saturated heterocycles. The fraction of sp³-hybridized carbons (Fsp3) is 0.200. The second-order valence-corrected chi connectivity index (χ2v) is 6.12. The van der Waals surface area contributed by atoms with E-state index < -0.39 is 5.91 Å². The summed E-state index contributed by atoms with van der Waals surface area (Å²) in [6, 6.07) is 17.0.